The van der Waals surface area contributed by atoms with Crippen molar-refractivity contribution in [3.05, 3.63) is 64.7 Å². The molecule has 0 aromatic heterocycles. The van der Waals surface area contributed by atoms with Crippen LogP contribution in [0.3, 0.4) is 0 Å². The van der Waals surface area contributed by atoms with Gasteiger partial charge in [-0.05, 0) is 62.9 Å². The fraction of sp³-hybridized carbons (Fsp3) is 0.391. The molecule has 5 nitrogen and oxygen atoms in total. The zero-order valence-corrected chi connectivity index (χ0v) is 17.4. The Hall–Kier alpha value is -2.82. The summed E-state index contributed by atoms with van der Waals surface area (Å²) in [6.45, 7) is 10.3. The van der Waals surface area contributed by atoms with Crippen molar-refractivity contribution in [1.82, 2.24) is 10.9 Å². The number of carbonyl (C=O) groups excluding carboxylic acids is 2. The number of ether oxygens (including phenoxy) is 1. The summed E-state index contributed by atoms with van der Waals surface area (Å²) in [6.07, 6.45) is 1.38. The minimum Gasteiger partial charge on any atom is -0.493 e. The third kappa shape index (κ3) is 6.12. The quantitative estimate of drug-likeness (QED) is 0.555. The van der Waals surface area contributed by atoms with Crippen LogP contribution >= 0.6 is 0 Å². The van der Waals surface area contributed by atoms with Gasteiger partial charge in [-0.3, -0.25) is 20.4 Å². The van der Waals surface area contributed by atoms with Crippen LogP contribution in [0.15, 0.2) is 42.5 Å². The predicted molar refractivity (Wildman–Crippen MR) is 111 cm³/mol. The summed E-state index contributed by atoms with van der Waals surface area (Å²) in [5, 5.41) is 0. The molecular weight excluding hydrogens is 352 g/mol. The lowest BCUT2D eigenvalue weighted by Crippen LogP contribution is -2.47. The number of aryl methyl sites for hydroxylation is 3. The van der Waals surface area contributed by atoms with E-state index in [2.05, 4.69) is 16.9 Å². The van der Waals surface area contributed by atoms with Crippen LogP contribution in [0.5, 0.6) is 5.75 Å². The first kappa shape index (κ1) is 21.5. The fourth-order valence-corrected chi connectivity index (χ4v) is 2.73. The Kier molecular flexibility index (Phi) is 7.21. The number of hydrogen-bond acceptors (Lipinski definition) is 3. The summed E-state index contributed by atoms with van der Waals surface area (Å²) in [7, 11) is 0. The van der Waals surface area contributed by atoms with Crippen molar-refractivity contribution in [3.8, 4) is 5.75 Å². The van der Waals surface area contributed by atoms with Crippen molar-refractivity contribution in [2.45, 2.75) is 47.5 Å². The highest BCUT2D eigenvalue weighted by atomic mass is 16.5. The van der Waals surface area contributed by atoms with Crippen LogP contribution in [-0.2, 0) is 4.79 Å². The average molecular weight is 383 g/mol. The molecule has 0 aliphatic rings. The standard InChI is InChI=1S/C23H30N2O3/c1-16-8-11-19(12-9-16)21(26)24-25-22(27)23(4,5)13-6-14-28-20-15-17(2)7-10-18(20)3/h7-12,15H,6,13-14H2,1-5H3,(H,24,26)(H,25,27). The molecule has 0 aliphatic carbocycles. The highest BCUT2D eigenvalue weighted by Gasteiger charge is 2.27. The van der Waals surface area contributed by atoms with E-state index in [1.54, 1.807) is 12.1 Å². The average Bonchev–Trinajstić information content (AvgIpc) is 2.66. The lowest BCUT2D eigenvalue weighted by Gasteiger charge is -2.23. The second-order valence-corrected chi connectivity index (χ2v) is 7.88. The summed E-state index contributed by atoms with van der Waals surface area (Å²) in [5.74, 6) is 0.328. The molecule has 0 fully saturated rings. The molecule has 0 heterocycles. The van der Waals surface area contributed by atoms with Crippen molar-refractivity contribution >= 4 is 11.8 Å². The molecule has 150 valence electrons. The van der Waals surface area contributed by atoms with E-state index in [1.807, 2.05) is 58.9 Å². The highest BCUT2D eigenvalue weighted by Crippen LogP contribution is 2.24. The van der Waals surface area contributed by atoms with Crippen LogP contribution in [0.1, 0.15) is 53.7 Å². The number of nitrogens with one attached hydrogen (secondary N) is 2. The summed E-state index contributed by atoms with van der Waals surface area (Å²) in [5.41, 5.74) is 8.23. The lowest BCUT2D eigenvalue weighted by atomic mass is 9.87. The summed E-state index contributed by atoms with van der Waals surface area (Å²) in [4.78, 5) is 24.6. The van der Waals surface area contributed by atoms with Crippen LogP contribution in [0.25, 0.3) is 0 Å². The number of benzene rings is 2. The highest BCUT2D eigenvalue weighted by molar-refractivity contribution is 5.95. The van der Waals surface area contributed by atoms with E-state index in [4.69, 9.17) is 4.74 Å². The van der Waals surface area contributed by atoms with Gasteiger partial charge in [-0.15, -0.1) is 0 Å². The number of carbonyl (C=O) groups is 2. The van der Waals surface area contributed by atoms with Crippen molar-refractivity contribution in [2.24, 2.45) is 5.41 Å². The second-order valence-electron chi connectivity index (χ2n) is 7.88. The molecule has 0 saturated heterocycles. The van der Waals surface area contributed by atoms with Gasteiger partial charge in [-0.2, -0.15) is 0 Å². The predicted octanol–water partition coefficient (Wildman–Crippen LogP) is 4.26. The van der Waals surface area contributed by atoms with Gasteiger partial charge in [0, 0.05) is 11.0 Å². The summed E-state index contributed by atoms with van der Waals surface area (Å²) < 4.78 is 5.86. The third-order valence-electron chi connectivity index (χ3n) is 4.77. The minimum absolute atomic E-state index is 0.223. The van der Waals surface area contributed by atoms with Crippen molar-refractivity contribution in [3.63, 3.8) is 0 Å². The molecule has 0 aliphatic heterocycles. The molecule has 2 aromatic rings. The first-order chi connectivity index (χ1) is 13.2. The SMILES string of the molecule is Cc1ccc(C(=O)NNC(=O)C(C)(C)CCCOc2cc(C)ccc2C)cc1. The van der Waals surface area contributed by atoms with E-state index in [0.717, 1.165) is 28.9 Å². The van der Waals surface area contributed by atoms with Crippen LogP contribution in [-0.4, -0.2) is 18.4 Å². The van der Waals surface area contributed by atoms with Gasteiger partial charge in [-0.25, -0.2) is 0 Å². The van der Waals surface area contributed by atoms with E-state index < -0.39 is 5.41 Å². The maximum absolute atomic E-state index is 12.5. The molecular formula is C23H30N2O3. The number of amides is 2. The van der Waals surface area contributed by atoms with Gasteiger partial charge < -0.3 is 4.74 Å². The van der Waals surface area contributed by atoms with E-state index in [1.165, 1.54) is 0 Å². The van der Waals surface area contributed by atoms with Gasteiger partial charge in [0.2, 0.25) is 5.91 Å². The molecule has 2 rings (SSSR count). The Bertz CT molecular complexity index is 826. The normalized spacial score (nSPS) is 11.0. The van der Waals surface area contributed by atoms with Crippen molar-refractivity contribution < 1.29 is 14.3 Å². The minimum atomic E-state index is -0.619. The topological polar surface area (TPSA) is 67.4 Å². The molecule has 0 bridgehead atoms. The smallest absolute Gasteiger partial charge is 0.269 e. The van der Waals surface area contributed by atoms with E-state index in [0.29, 0.717) is 18.6 Å². The molecule has 2 amide bonds. The molecule has 0 saturated carbocycles. The first-order valence-corrected chi connectivity index (χ1v) is 9.56. The van der Waals surface area contributed by atoms with Gasteiger partial charge in [0.15, 0.2) is 0 Å². The summed E-state index contributed by atoms with van der Waals surface area (Å²) in [6, 6.07) is 13.3. The van der Waals surface area contributed by atoms with E-state index >= 15 is 0 Å². The molecule has 0 radical (unpaired) electrons. The monoisotopic (exact) mass is 382 g/mol. The van der Waals surface area contributed by atoms with Crippen LogP contribution in [0.4, 0.5) is 0 Å². The van der Waals surface area contributed by atoms with Crippen LogP contribution in [0.2, 0.25) is 0 Å². The van der Waals surface area contributed by atoms with Gasteiger partial charge in [0.25, 0.3) is 5.91 Å². The maximum Gasteiger partial charge on any atom is 0.269 e. The van der Waals surface area contributed by atoms with Crippen molar-refractivity contribution in [2.75, 3.05) is 6.61 Å². The molecule has 28 heavy (non-hydrogen) atoms. The van der Waals surface area contributed by atoms with Gasteiger partial charge in [0.1, 0.15) is 5.75 Å². The Labute approximate surface area is 167 Å². The van der Waals surface area contributed by atoms with Crippen LogP contribution in [0, 0.1) is 26.2 Å². The fourth-order valence-electron chi connectivity index (χ4n) is 2.73. The van der Waals surface area contributed by atoms with Crippen molar-refractivity contribution in [1.29, 1.82) is 0 Å². The number of hydrazine groups is 1. The third-order valence-corrected chi connectivity index (χ3v) is 4.77. The number of hydrogen-bond donors (Lipinski definition) is 2. The van der Waals surface area contributed by atoms with E-state index in [-0.39, 0.29) is 11.8 Å². The molecule has 0 unspecified atom stereocenters. The largest absolute Gasteiger partial charge is 0.493 e. The van der Waals surface area contributed by atoms with Gasteiger partial charge in [0.05, 0.1) is 6.61 Å². The van der Waals surface area contributed by atoms with E-state index in [9.17, 15) is 9.59 Å². The summed E-state index contributed by atoms with van der Waals surface area (Å²) >= 11 is 0. The molecule has 2 N–H and O–H groups in total. The molecule has 2 aromatic carbocycles. The Morgan fingerprint density at radius 1 is 0.929 bits per heavy atom. The zero-order valence-electron chi connectivity index (χ0n) is 17.4. The Morgan fingerprint density at radius 3 is 2.25 bits per heavy atom. The first-order valence-electron chi connectivity index (χ1n) is 9.56. The Balaban J connectivity index is 1.78. The van der Waals surface area contributed by atoms with Gasteiger partial charge in [-0.1, -0.05) is 43.7 Å². The van der Waals surface area contributed by atoms with Crippen LogP contribution < -0.4 is 15.6 Å². The Morgan fingerprint density at radius 2 is 1.57 bits per heavy atom. The lowest BCUT2D eigenvalue weighted by molar-refractivity contribution is -0.130. The molecule has 0 atom stereocenters. The molecule has 0 spiro atoms. The second kappa shape index (κ2) is 9.40. The maximum atomic E-state index is 12.5. The van der Waals surface area contributed by atoms with Gasteiger partial charge >= 0.3 is 0 Å². The molecule has 5 heteroatoms. The number of rotatable bonds is 7. The zero-order chi connectivity index (χ0) is 20.7.